The summed E-state index contributed by atoms with van der Waals surface area (Å²) in [4.78, 5) is 17.2. The second-order valence-corrected chi connectivity index (χ2v) is 5.34. The van der Waals surface area contributed by atoms with E-state index in [-0.39, 0.29) is 16.1 Å². The summed E-state index contributed by atoms with van der Waals surface area (Å²) in [7, 11) is 0. The molecule has 0 bridgehead atoms. The number of anilines is 2. The van der Waals surface area contributed by atoms with Crippen LogP contribution in [0.25, 0.3) is 0 Å². The van der Waals surface area contributed by atoms with Gasteiger partial charge in [-0.15, -0.1) is 0 Å². The fourth-order valence-corrected chi connectivity index (χ4v) is 2.31. The van der Waals surface area contributed by atoms with Gasteiger partial charge in [0.1, 0.15) is 5.82 Å². The molecule has 0 unspecified atom stereocenters. The number of aromatic nitrogens is 1. The van der Waals surface area contributed by atoms with Crippen molar-refractivity contribution in [3.8, 4) is 0 Å². The molecule has 20 heavy (non-hydrogen) atoms. The van der Waals surface area contributed by atoms with Gasteiger partial charge < -0.3 is 15.0 Å². The Morgan fingerprint density at radius 3 is 2.90 bits per heavy atom. The molecular weight excluding hydrogens is 260 g/mol. The Morgan fingerprint density at radius 1 is 1.55 bits per heavy atom. The van der Waals surface area contributed by atoms with E-state index in [1.54, 1.807) is 6.07 Å². The molecule has 1 aromatic rings. The number of ether oxygens (including phenoxy) is 1. The SMILES string of the molecule is CCNc1ccc([N+](=O)[O-])c(N2CCOCC2(C)C)n1. The molecule has 1 aromatic heterocycles. The smallest absolute Gasteiger partial charge is 0.311 e. The molecule has 0 atom stereocenters. The zero-order valence-electron chi connectivity index (χ0n) is 12.0. The van der Waals surface area contributed by atoms with Crippen LogP contribution in [0.1, 0.15) is 20.8 Å². The molecule has 1 N–H and O–H groups in total. The monoisotopic (exact) mass is 280 g/mol. The van der Waals surface area contributed by atoms with Gasteiger partial charge in [-0.3, -0.25) is 10.1 Å². The third-order valence-electron chi connectivity index (χ3n) is 3.31. The van der Waals surface area contributed by atoms with Crippen molar-refractivity contribution >= 4 is 17.3 Å². The van der Waals surface area contributed by atoms with Crippen molar-refractivity contribution in [3.63, 3.8) is 0 Å². The lowest BCUT2D eigenvalue weighted by molar-refractivity contribution is -0.384. The fraction of sp³-hybridized carbons (Fsp3) is 0.615. The highest BCUT2D eigenvalue weighted by molar-refractivity contribution is 5.63. The number of pyridine rings is 1. The topological polar surface area (TPSA) is 80.5 Å². The standard InChI is InChI=1S/C13H20N4O3/c1-4-14-11-6-5-10(17(18)19)12(15-11)16-7-8-20-9-13(16,2)3/h5-6H,4,7-9H2,1-3H3,(H,14,15). The molecule has 0 spiro atoms. The van der Waals surface area contributed by atoms with Crippen molar-refractivity contribution in [1.29, 1.82) is 0 Å². The minimum atomic E-state index is -0.385. The molecule has 0 radical (unpaired) electrons. The molecule has 2 heterocycles. The average Bonchev–Trinajstić information content (AvgIpc) is 2.38. The first-order chi connectivity index (χ1) is 9.45. The number of hydrogen-bond acceptors (Lipinski definition) is 6. The Balaban J connectivity index is 2.45. The van der Waals surface area contributed by atoms with Gasteiger partial charge in [-0.25, -0.2) is 4.98 Å². The van der Waals surface area contributed by atoms with Crippen LogP contribution in [0.3, 0.4) is 0 Å². The molecule has 2 rings (SSSR count). The minimum Gasteiger partial charge on any atom is -0.377 e. The van der Waals surface area contributed by atoms with Gasteiger partial charge in [0.15, 0.2) is 0 Å². The fourth-order valence-electron chi connectivity index (χ4n) is 2.31. The largest absolute Gasteiger partial charge is 0.377 e. The number of nitrogens with one attached hydrogen (secondary N) is 1. The summed E-state index contributed by atoms with van der Waals surface area (Å²) < 4.78 is 5.46. The lowest BCUT2D eigenvalue weighted by atomic mass is 10.0. The summed E-state index contributed by atoms with van der Waals surface area (Å²) in [5.74, 6) is 1.05. The summed E-state index contributed by atoms with van der Waals surface area (Å²) in [5, 5.41) is 14.3. The predicted octanol–water partition coefficient (Wildman–Crippen LogP) is 2.04. The van der Waals surface area contributed by atoms with Crippen LogP contribution >= 0.6 is 0 Å². The zero-order chi connectivity index (χ0) is 14.8. The molecule has 0 aromatic carbocycles. The van der Waals surface area contributed by atoms with Gasteiger partial charge in [0, 0.05) is 19.2 Å². The molecule has 1 aliphatic rings. The second-order valence-electron chi connectivity index (χ2n) is 5.34. The van der Waals surface area contributed by atoms with Crippen molar-refractivity contribution in [2.45, 2.75) is 26.3 Å². The Hall–Kier alpha value is -1.89. The van der Waals surface area contributed by atoms with E-state index in [0.717, 1.165) is 6.54 Å². The molecular formula is C13H20N4O3. The number of nitrogens with zero attached hydrogens (tertiary/aromatic N) is 3. The third-order valence-corrected chi connectivity index (χ3v) is 3.31. The number of hydrogen-bond donors (Lipinski definition) is 1. The van der Waals surface area contributed by atoms with Gasteiger partial charge in [-0.1, -0.05) is 0 Å². The summed E-state index contributed by atoms with van der Waals surface area (Å²) >= 11 is 0. The molecule has 1 saturated heterocycles. The van der Waals surface area contributed by atoms with E-state index >= 15 is 0 Å². The van der Waals surface area contributed by atoms with Crippen LogP contribution in [0.15, 0.2) is 12.1 Å². The molecule has 7 nitrogen and oxygen atoms in total. The maximum atomic E-state index is 11.2. The van der Waals surface area contributed by atoms with Crippen molar-refractivity contribution in [1.82, 2.24) is 4.98 Å². The number of nitro groups is 1. The molecule has 0 aliphatic carbocycles. The second kappa shape index (κ2) is 5.62. The Morgan fingerprint density at radius 2 is 2.30 bits per heavy atom. The van der Waals surface area contributed by atoms with Crippen LogP contribution in [-0.2, 0) is 4.74 Å². The first-order valence-corrected chi connectivity index (χ1v) is 6.70. The van der Waals surface area contributed by atoms with E-state index < -0.39 is 0 Å². The summed E-state index contributed by atoms with van der Waals surface area (Å²) in [6.07, 6.45) is 0. The first-order valence-electron chi connectivity index (χ1n) is 6.70. The van der Waals surface area contributed by atoms with Crippen LogP contribution in [0.2, 0.25) is 0 Å². The van der Waals surface area contributed by atoms with E-state index in [4.69, 9.17) is 4.74 Å². The molecule has 1 fully saturated rings. The molecule has 110 valence electrons. The van der Waals surface area contributed by atoms with Crippen LogP contribution in [-0.4, -0.2) is 41.7 Å². The highest BCUT2D eigenvalue weighted by atomic mass is 16.6. The van der Waals surface area contributed by atoms with E-state index in [1.807, 2.05) is 25.7 Å². The normalized spacial score (nSPS) is 17.9. The molecule has 0 amide bonds. The molecule has 0 saturated carbocycles. The Bertz CT molecular complexity index is 504. The van der Waals surface area contributed by atoms with Gasteiger partial charge in [0.25, 0.3) is 0 Å². The van der Waals surface area contributed by atoms with Crippen LogP contribution < -0.4 is 10.2 Å². The number of morpholine rings is 1. The van der Waals surface area contributed by atoms with E-state index in [1.165, 1.54) is 6.07 Å². The van der Waals surface area contributed by atoms with E-state index in [9.17, 15) is 10.1 Å². The van der Waals surface area contributed by atoms with Crippen LogP contribution in [0.4, 0.5) is 17.3 Å². The maximum Gasteiger partial charge on any atom is 0.311 e. The summed E-state index contributed by atoms with van der Waals surface area (Å²) in [5.41, 5.74) is -0.289. The maximum absolute atomic E-state index is 11.2. The van der Waals surface area contributed by atoms with Crippen LogP contribution in [0, 0.1) is 10.1 Å². The highest BCUT2D eigenvalue weighted by Crippen LogP contribution is 2.33. The highest BCUT2D eigenvalue weighted by Gasteiger charge is 2.35. The third kappa shape index (κ3) is 2.82. The summed E-state index contributed by atoms with van der Waals surface area (Å²) in [6.45, 7) is 8.34. The quantitative estimate of drug-likeness (QED) is 0.671. The van der Waals surface area contributed by atoms with Gasteiger partial charge in [-0.05, 0) is 26.8 Å². The van der Waals surface area contributed by atoms with E-state index in [2.05, 4.69) is 10.3 Å². The van der Waals surface area contributed by atoms with Crippen molar-refractivity contribution in [3.05, 3.63) is 22.2 Å². The van der Waals surface area contributed by atoms with Gasteiger partial charge in [-0.2, -0.15) is 0 Å². The zero-order valence-corrected chi connectivity index (χ0v) is 12.0. The van der Waals surface area contributed by atoms with Crippen molar-refractivity contribution in [2.24, 2.45) is 0 Å². The minimum absolute atomic E-state index is 0.0293. The van der Waals surface area contributed by atoms with Crippen LogP contribution in [0.5, 0.6) is 0 Å². The van der Waals surface area contributed by atoms with Crippen molar-refractivity contribution < 1.29 is 9.66 Å². The molecule has 1 aliphatic heterocycles. The van der Waals surface area contributed by atoms with Gasteiger partial charge in [0.05, 0.1) is 23.7 Å². The Kier molecular flexibility index (Phi) is 4.08. The first kappa shape index (κ1) is 14.5. The van der Waals surface area contributed by atoms with Gasteiger partial charge >= 0.3 is 5.69 Å². The lowest BCUT2D eigenvalue weighted by Crippen LogP contribution is -2.53. The van der Waals surface area contributed by atoms with Gasteiger partial charge in [0.2, 0.25) is 5.82 Å². The van der Waals surface area contributed by atoms with Crippen molar-refractivity contribution in [2.75, 3.05) is 36.5 Å². The predicted molar refractivity (Wildman–Crippen MR) is 77.3 cm³/mol. The molecule has 7 heteroatoms. The number of rotatable bonds is 4. The van der Waals surface area contributed by atoms with E-state index in [0.29, 0.717) is 31.4 Å². The lowest BCUT2D eigenvalue weighted by Gasteiger charge is -2.42. The Labute approximate surface area is 118 Å². The summed E-state index contributed by atoms with van der Waals surface area (Å²) in [6, 6.07) is 3.14. The average molecular weight is 280 g/mol.